The lowest BCUT2D eigenvalue weighted by atomic mass is 9.59. The molecule has 42 heavy (non-hydrogen) atoms. The molecule has 2 aromatic rings. The van der Waals surface area contributed by atoms with Crippen molar-refractivity contribution < 1.29 is 4.39 Å². The first-order valence-electron chi connectivity index (χ1n) is 16.1. The number of nitriles is 2. The molecule has 2 aliphatic carbocycles. The monoisotopic (exact) mass is 567 g/mol. The smallest absolute Gasteiger partial charge is 0.135 e. The quantitative estimate of drug-likeness (QED) is 0.459. The summed E-state index contributed by atoms with van der Waals surface area (Å²) < 4.78 is 14.5. The van der Waals surface area contributed by atoms with Crippen LogP contribution in [0.2, 0.25) is 0 Å². The number of anilines is 2. The van der Waals surface area contributed by atoms with Gasteiger partial charge >= 0.3 is 0 Å². The molecule has 1 aromatic carbocycles. The zero-order valence-corrected chi connectivity index (χ0v) is 24.8. The molecule has 3 aliphatic heterocycles. The number of halogens is 1. The number of hydrogen-bond donors (Lipinski definition) is 1. The van der Waals surface area contributed by atoms with Crippen molar-refractivity contribution in [2.75, 3.05) is 36.8 Å². The van der Waals surface area contributed by atoms with E-state index in [-0.39, 0.29) is 11.0 Å². The number of hydrogen-bond acceptors (Lipinski definition) is 7. The second-order valence-electron chi connectivity index (χ2n) is 13.9. The van der Waals surface area contributed by atoms with Crippen LogP contribution in [0.15, 0.2) is 12.1 Å². The van der Waals surface area contributed by atoms with Crippen LogP contribution in [0.3, 0.4) is 0 Å². The fraction of sp³-hybridized carbons (Fsp3) is 0.647. The first-order chi connectivity index (χ1) is 20.3. The molecule has 3 fully saturated rings. The van der Waals surface area contributed by atoms with Gasteiger partial charge in [0.25, 0.3) is 0 Å². The Morgan fingerprint density at radius 1 is 1.14 bits per heavy atom. The third-order valence-electron chi connectivity index (χ3n) is 11.5. The van der Waals surface area contributed by atoms with Gasteiger partial charge in [-0.25, -0.2) is 14.4 Å². The minimum absolute atomic E-state index is 0.0448. The molecule has 1 spiro atoms. The van der Waals surface area contributed by atoms with Crippen LogP contribution in [0, 0.1) is 28.6 Å². The van der Waals surface area contributed by atoms with Gasteiger partial charge in [-0.1, -0.05) is 13.0 Å². The number of nitrogens with two attached hydrogens (primary N) is 1. The van der Waals surface area contributed by atoms with Crippen LogP contribution < -0.4 is 10.6 Å². The van der Waals surface area contributed by atoms with Gasteiger partial charge in [-0.15, -0.1) is 0 Å². The van der Waals surface area contributed by atoms with Gasteiger partial charge in [-0.3, -0.25) is 4.90 Å². The highest BCUT2D eigenvalue weighted by atomic mass is 19.1. The summed E-state index contributed by atoms with van der Waals surface area (Å²) in [6.07, 6.45) is 10.1. The van der Waals surface area contributed by atoms with Gasteiger partial charge in [0.1, 0.15) is 23.9 Å². The van der Waals surface area contributed by atoms with E-state index in [2.05, 4.69) is 34.9 Å². The van der Waals surface area contributed by atoms with E-state index in [4.69, 9.17) is 21.0 Å². The van der Waals surface area contributed by atoms with Crippen LogP contribution >= 0.6 is 0 Å². The number of nitrogens with zero attached hydrogens (tertiary/aromatic N) is 6. The number of fused-ring (bicyclic) bond motifs is 4. The Morgan fingerprint density at radius 2 is 2.00 bits per heavy atom. The minimum atomic E-state index is -0.730. The second kappa shape index (κ2) is 10.5. The maximum atomic E-state index is 14.5. The van der Waals surface area contributed by atoms with Crippen molar-refractivity contribution in [1.82, 2.24) is 14.9 Å². The zero-order chi connectivity index (χ0) is 29.1. The van der Waals surface area contributed by atoms with Crippen molar-refractivity contribution in [2.24, 2.45) is 5.92 Å². The summed E-state index contributed by atoms with van der Waals surface area (Å²) in [6, 6.07) is 8.83. The van der Waals surface area contributed by atoms with Gasteiger partial charge in [-0.05, 0) is 99.8 Å². The van der Waals surface area contributed by atoms with E-state index in [0.717, 1.165) is 107 Å². The van der Waals surface area contributed by atoms with Crippen molar-refractivity contribution in [1.29, 1.82) is 10.5 Å². The summed E-state index contributed by atoms with van der Waals surface area (Å²) in [4.78, 5) is 15.3. The summed E-state index contributed by atoms with van der Waals surface area (Å²) in [6.45, 7) is 5.71. The molecule has 4 unspecified atom stereocenters. The highest BCUT2D eigenvalue weighted by Crippen LogP contribution is 2.52. The van der Waals surface area contributed by atoms with Crippen molar-refractivity contribution in [3.05, 3.63) is 45.9 Å². The molecule has 0 bridgehead atoms. The van der Waals surface area contributed by atoms with E-state index in [1.54, 1.807) is 0 Å². The Labute approximate surface area is 248 Å². The average molecular weight is 568 g/mol. The Bertz CT molecular complexity index is 1470. The average Bonchev–Trinajstić information content (AvgIpc) is 3.48. The van der Waals surface area contributed by atoms with Gasteiger partial charge in [0.2, 0.25) is 0 Å². The summed E-state index contributed by atoms with van der Waals surface area (Å²) in [5, 5.41) is 19.3. The number of rotatable bonds is 6. The SMILES string of the molecule is CC1CCC2(CCc3c(nc(CCC45CCCN4CC(F)C5)nc3N3CC(CCC#N)C3)C2)c2c1ccc(N)c2C#N. The standard InChI is InChI=1S/C34H42FN7/c1-22-7-11-33(31-25(22)5-6-28(38)27(31)18-37)12-8-26-29(17-33)39-30(40-32(26)41-19-23(20-41)4-2-14-36)9-13-34-10-3-15-42(34)21-24(35)16-34/h5-6,22-24H,2-4,7-13,15-17,19-21,38H2,1H3. The molecule has 2 N–H and O–H groups in total. The molecular formula is C34H42FN7. The molecule has 4 heterocycles. The number of nitrogen functional groups attached to an aromatic ring is 1. The maximum Gasteiger partial charge on any atom is 0.135 e. The molecule has 1 aromatic heterocycles. The largest absolute Gasteiger partial charge is 0.398 e. The number of alkyl halides is 1. The molecule has 7 rings (SSSR count). The second-order valence-corrected chi connectivity index (χ2v) is 13.9. The Hall–Kier alpha value is -3.23. The normalized spacial score (nSPS) is 30.3. The van der Waals surface area contributed by atoms with Crippen molar-refractivity contribution in [3.8, 4) is 12.1 Å². The van der Waals surface area contributed by atoms with Gasteiger partial charge in [0, 0.05) is 54.7 Å². The summed E-state index contributed by atoms with van der Waals surface area (Å²) in [5.41, 5.74) is 12.3. The molecule has 4 atom stereocenters. The lowest BCUT2D eigenvalue weighted by Gasteiger charge is -2.46. The molecule has 0 amide bonds. The fourth-order valence-corrected chi connectivity index (χ4v) is 9.20. The molecule has 0 radical (unpaired) electrons. The van der Waals surface area contributed by atoms with Gasteiger partial charge in [0.05, 0.1) is 17.3 Å². The van der Waals surface area contributed by atoms with E-state index in [1.165, 1.54) is 11.1 Å². The van der Waals surface area contributed by atoms with Crippen LogP contribution in [-0.4, -0.2) is 52.8 Å². The van der Waals surface area contributed by atoms with Crippen LogP contribution in [0.25, 0.3) is 0 Å². The number of benzene rings is 1. The molecule has 7 nitrogen and oxygen atoms in total. The fourth-order valence-electron chi connectivity index (χ4n) is 9.20. The summed E-state index contributed by atoms with van der Waals surface area (Å²) >= 11 is 0. The van der Waals surface area contributed by atoms with E-state index in [0.29, 0.717) is 42.5 Å². The van der Waals surface area contributed by atoms with E-state index >= 15 is 0 Å². The number of aromatic nitrogens is 2. The van der Waals surface area contributed by atoms with Gasteiger partial charge in [-0.2, -0.15) is 10.5 Å². The lowest BCUT2D eigenvalue weighted by Crippen LogP contribution is -2.48. The third-order valence-corrected chi connectivity index (χ3v) is 11.5. The first kappa shape index (κ1) is 27.6. The highest BCUT2D eigenvalue weighted by Gasteiger charge is 2.49. The van der Waals surface area contributed by atoms with Crippen LogP contribution in [-0.2, 0) is 24.7 Å². The molecule has 5 aliphatic rings. The molecule has 220 valence electrons. The predicted molar refractivity (Wildman–Crippen MR) is 161 cm³/mol. The minimum Gasteiger partial charge on any atom is -0.398 e. The van der Waals surface area contributed by atoms with Gasteiger partial charge < -0.3 is 10.6 Å². The maximum absolute atomic E-state index is 14.5. The van der Waals surface area contributed by atoms with E-state index in [1.807, 2.05) is 6.07 Å². The molecule has 8 heteroatoms. The van der Waals surface area contributed by atoms with E-state index < -0.39 is 6.17 Å². The van der Waals surface area contributed by atoms with Crippen LogP contribution in [0.1, 0.15) is 104 Å². The Morgan fingerprint density at radius 3 is 2.81 bits per heavy atom. The molecule has 3 saturated heterocycles. The Balaban J connectivity index is 1.24. The Kier molecular flexibility index (Phi) is 6.89. The third kappa shape index (κ3) is 4.45. The van der Waals surface area contributed by atoms with Crippen molar-refractivity contribution >= 4 is 11.5 Å². The van der Waals surface area contributed by atoms with E-state index in [9.17, 15) is 9.65 Å². The summed E-state index contributed by atoms with van der Waals surface area (Å²) in [5.74, 6) is 2.89. The van der Waals surface area contributed by atoms with Crippen LogP contribution in [0.5, 0.6) is 0 Å². The first-order valence-corrected chi connectivity index (χ1v) is 16.1. The zero-order valence-electron chi connectivity index (χ0n) is 24.8. The molecule has 0 saturated carbocycles. The van der Waals surface area contributed by atoms with Gasteiger partial charge in [0.15, 0.2) is 0 Å². The van der Waals surface area contributed by atoms with Crippen LogP contribution in [0.4, 0.5) is 15.9 Å². The predicted octanol–water partition coefficient (Wildman–Crippen LogP) is 5.50. The molecular weight excluding hydrogens is 525 g/mol. The summed E-state index contributed by atoms with van der Waals surface area (Å²) in [7, 11) is 0. The van der Waals surface area contributed by atoms with Crippen molar-refractivity contribution in [3.63, 3.8) is 0 Å². The van der Waals surface area contributed by atoms with Crippen molar-refractivity contribution in [2.45, 2.75) is 107 Å². The lowest BCUT2D eigenvalue weighted by molar-refractivity contribution is 0.181. The highest BCUT2D eigenvalue weighted by molar-refractivity contribution is 5.65. The topological polar surface area (TPSA) is 106 Å². The number of aryl methyl sites for hydroxylation is 1.